The number of carbonyl (C=O) groups excluding carboxylic acids is 1. The molecule has 2 aromatic carbocycles. The number of thioether (sulfide) groups is 1. The van der Waals surface area contributed by atoms with E-state index in [0.717, 1.165) is 24.8 Å². The molecule has 0 aliphatic carbocycles. The lowest BCUT2D eigenvalue weighted by atomic mass is 10.1. The first-order valence-corrected chi connectivity index (χ1v) is 14.4. The van der Waals surface area contributed by atoms with Gasteiger partial charge in [-0.2, -0.15) is 13.5 Å². The fraction of sp³-hybridized carbons (Fsp3) is 0.400. The number of carbonyl (C=O) groups is 1. The molecule has 11 heteroatoms. The number of ether oxygens (including phenoxy) is 1. The van der Waals surface area contributed by atoms with Crippen molar-refractivity contribution in [1.29, 1.82) is 0 Å². The maximum atomic E-state index is 12.7. The molecule has 1 amide bonds. The maximum absolute atomic E-state index is 12.7. The van der Waals surface area contributed by atoms with Crippen LogP contribution in [0.15, 0.2) is 51.5 Å². The third-order valence-electron chi connectivity index (χ3n) is 5.52. The SMILES string of the molecule is CCCCCCCC1S/C(=N\N=C/c2ccc(OS(=O)(=O)c3ccc(C)c(Cl)c3)c(OC)c2)NC1=O. The Hall–Kier alpha value is -2.56. The Morgan fingerprint density at radius 3 is 2.61 bits per heavy atom. The lowest BCUT2D eigenvalue weighted by Gasteiger charge is -2.12. The molecule has 0 spiro atoms. The van der Waals surface area contributed by atoms with Crippen LogP contribution in [0.4, 0.5) is 0 Å². The van der Waals surface area contributed by atoms with Gasteiger partial charge in [0.2, 0.25) is 5.91 Å². The van der Waals surface area contributed by atoms with Crippen molar-refractivity contribution in [2.45, 2.75) is 62.5 Å². The van der Waals surface area contributed by atoms with Gasteiger partial charge in [0.25, 0.3) is 0 Å². The minimum atomic E-state index is -4.11. The standard InChI is InChI=1S/C25H30ClN3O5S2/c1-4-5-6-7-8-9-23-24(30)28-25(35-23)29-27-16-18-11-13-21(22(14-18)33-3)34-36(31,32)19-12-10-17(2)20(26)15-19/h10-16,23H,4-9H2,1-3H3,(H,28,29,30)/b27-16-. The van der Waals surface area contributed by atoms with Crippen LogP contribution < -0.4 is 14.2 Å². The summed E-state index contributed by atoms with van der Waals surface area (Å²) in [5, 5.41) is 11.6. The number of nitrogens with one attached hydrogen (secondary N) is 1. The predicted octanol–water partition coefficient (Wildman–Crippen LogP) is 5.71. The number of rotatable bonds is 12. The number of unbranched alkanes of at least 4 members (excludes halogenated alkanes) is 4. The third kappa shape index (κ3) is 7.72. The molecule has 1 atom stereocenters. The summed E-state index contributed by atoms with van der Waals surface area (Å²) >= 11 is 7.45. The molecule has 194 valence electrons. The summed E-state index contributed by atoms with van der Waals surface area (Å²) in [4.78, 5) is 12.1. The monoisotopic (exact) mass is 551 g/mol. The second kappa shape index (κ2) is 13.1. The molecular weight excluding hydrogens is 522 g/mol. The molecule has 1 aliphatic heterocycles. The molecule has 1 aliphatic rings. The Balaban J connectivity index is 1.63. The maximum Gasteiger partial charge on any atom is 0.339 e. The Labute approximate surface area is 221 Å². The Morgan fingerprint density at radius 1 is 1.11 bits per heavy atom. The molecular formula is C25H30ClN3O5S2. The summed E-state index contributed by atoms with van der Waals surface area (Å²) in [5.74, 6) is 0.196. The van der Waals surface area contributed by atoms with Crippen LogP contribution >= 0.6 is 23.4 Å². The van der Waals surface area contributed by atoms with E-state index in [9.17, 15) is 13.2 Å². The van der Waals surface area contributed by atoms with E-state index in [1.807, 2.05) is 0 Å². The molecule has 1 fully saturated rings. The molecule has 8 nitrogen and oxygen atoms in total. The largest absolute Gasteiger partial charge is 0.493 e. The van der Waals surface area contributed by atoms with E-state index in [0.29, 0.717) is 15.8 Å². The number of benzene rings is 2. The Morgan fingerprint density at radius 2 is 1.89 bits per heavy atom. The van der Waals surface area contributed by atoms with E-state index < -0.39 is 10.1 Å². The first kappa shape index (κ1) is 28.0. The highest BCUT2D eigenvalue weighted by molar-refractivity contribution is 8.15. The number of halogens is 1. The quantitative estimate of drug-likeness (QED) is 0.157. The lowest BCUT2D eigenvalue weighted by Crippen LogP contribution is -2.24. The molecule has 1 unspecified atom stereocenters. The van der Waals surface area contributed by atoms with Crippen molar-refractivity contribution in [3.8, 4) is 11.5 Å². The zero-order valence-corrected chi connectivity index (χ0v) is 22.9. The Bertz CT molecular complexity index is 1250. The third-order valence-corrected chi connectivity index (χ3v) is 8.30. The summed E-state index contributed by atoms with van der Waals surface area (Å²) in [6, 6.07) is 9.06. The number of hydrogen-bond acceptors (Lipinski definition) is 8. The van der Waals surface area contributed by atoms with Crippen LogP contribution in [0.5, 0.6) is 11.5 Å². The van der Waals surface area contributed by atoms with Crippen molar-refractivity contribution in [1.82, 2.24) is 5.32 Å². The smallest absolute Gasteiger partial charge is 0.339 e. The average Bonchev–Trinajstić information content (AvgIpc) is 3.20. The van der Waals surface area contributed by atoms with E-state index in [-0.39, 0.29) is 27.6 Å². The fourth-order valence-corrected chi connectivity index (χ4v) is 5.64. The van der Waals surface area contributed by atoms with E-state index in [2.05, 4.69) is 22.4 Å². The second-order valence-electron chi connectivity index (χ2n) is 8.31. The summed E-state index contributed by atoms with van der Waals surface area (Å²) in [5.41, 5.74) is 1.37. The van der Waals surface area contributed by atoms with Crippen LogP contribution in [0, 0.1) is 6.92 Å². The van der Waals surface area contributed by atoms with E-state index in [1.165, 1.54) is 62.5 Å². The molecule has 1 heterocycles. The van der Waals surface area contributed by atoms with Crippen LogP contribution in [0.25, 0.3) is 0 Å². The molecule has 1 saturated heterocycles. The van der Waals surface area contributed by atoms with E-state index in [1.54, 1.807) is 25.1 Å². The molecule has 1 N–H and O–H groups in total. The number of nitrogens with zero attached hydrogens (tertiary/aromatic N) is 2. The Kier molecular flexibility index (Phi) is 10.2. The zero-order chi connectivity index (χ0) is 26.1. The minimum Gasteiger partial charge on any atom is -0.493 e. The van der Waals surface area contributed by atoms with E-state index >= 15 is 0 Å². The highest BCUT2D eigenvalue weighted by Gasteiger charge is 2.29. The van der Waals surface area contributed by atoms with Gasteiger partial charge in [-0.25, -0.2) is 0 Å². The lowest BCUT2D eigenvalue weighted by molar-refractivity contribution is -0.118. The molecule has 36 heavy (non-hydrogen) atoms. The van der Waals surface area contributed by atoms with E-state index in [4.69, 9.17) is 20.5 Å². The minimum absolute atomic E-state index is 0.0260. The number of amides is 1. The van der Waals surface area contributed by atoms with Crippen molar-refractivity contribution in [2.24, 2.45) is 10.2 Å². The zero-order valence-electron chi connectivity index (χ0n) is 20.5. The predicted molar refractivity (Wildman–Crippen MR) is 145 cm³/mol. The summed E-state index contributed by atoms with van der Waals surface area (Å²) in [7, 11) is -2.70. The topological polar surface area (TPSA) is 106 Å². The van der Waals surface area contributed by atoms with Gasteiger partial charge in [-0.05, 0) is 54.8 Å². The number of aryl methyl sites for hydroxylation is 1. The first-order valence-electron chi connectivity index (χ1n) is 11.7. The average molecular weight is 552 g/mol. The summed E-state index contributed by atoms with van der Waals surface area (Å²) in [6.07, 6.45) is 8.06. The van der Waals surface area contributed by atoms with Gasteiger partial charge in [-0.15, -0.1) is 5.10 Å². The van der Waals surface area contributed by atoms with Crippen molar-refractivity contribution in [2.75, 3.05) is 7.11 Å². The number of methoxy groups -OCH3 is 1. The van der Waals surface area contributed by atoms with Crippen molar-refractivity contribution < 1.29 is 22.1 Å². The van der Waals surface area contributed by atoms with Gasteiger partial charge in [-0.1, -0.05) is 68.5 Å². The molecule has 0 bridgehead atoms. The second-order valence-corrected chi connectivity index (χ2v) is 11.5. The van der Waals surface area contributed by atoms with Gasteiger partial charge in [0, 0.05) is 5.02 Å². The fourth-order valence-electron chi connectivity index (χ4n) is 3.45. The van der Waals surface area contributed by atoms with Crippen molar-refractivity contribution in [3.05, 3.63) is 52.5 Å². The van der Waals surface area contributed by atoms with Crippen LogP contribution in [-0.4, -0.2) is 38.1 Å². The summed E-state index contributed by atoms with van der Waals surface area (Å²) in [6.45, 7) is 3.95. The molecule has 3 rings (SSSR count). The van der Waals surface area contributed by atoms with Gasteiger partial charge < -0.3 is 14.2 Å². The molecule has 0 saturated carbocycles. The highest BCUT2D eigenvalue weighted by Crippen LogP contribution is 2.31. The van der Waals surface area contributed by atoms with Crippen LogP contribution in [0.3, 0.4) is 0 Å². The summed E-state index contributed by atoms with van der Waals surface area (Å²) < 4.78 is 36.0. The van der Waals surface area contributed by atoms with Gasteiger partial charge >= 0.3 is 10.1 Å². The van der Waals surface area contributed by atoms with Crippen molar-refractivity contribution >= 4 is 50.8 Å². The molecule has 0 aromatic heterocycles. The van der Waals surface area contributed by atoms with Crippen LogP contribution in [0.2, 0.25) is 5.02 Å². The van der Waals surface area contributed by atoms with Crippen molar-refractivity contribution in [3.63, 3.8) is 0 Å². The van der Waals surface area contributed by atoms with Crippen LogP contribution in [0.1, 0.15) is 56.6 Å². The van der Waals surface area contributed by atoms with Gasteiger partial charge in [0.1, 0.15) is 4.90 Å². The number of amidine groups is 1. The molecule has 2 aromatic rings. The first-order chi connectivity index (χ1) is 17.2. The van der Waals surface area contributed by atoms with Gasteiger partial charge in [0.05, 0.1) is 18.6 Å². The molecule has 0 radical (unpaired) electrons. The van der Waals surface area contributed by atoms with Crippen LogP contribution in [-0.2, 0) is 14.9 Å². The highest BCUT2D eigenvalue weighted by atomic mass is 35.5. The van der Waals surface area contributed by atoms with Gasteiger partial charge in [-0.3, -0.25) is 4.79 Å². The normalized spacial score (nSPS) is 17.1. The number of hydrogen-bond donors (Lipinski definition) is 1. The van der Waals surface area contributed by atoms with Gasteiger partial charge in [0.15, 0.2) is 16.7 Å².